The van der Waals surface area contributed by atoms with Crippen LogP contribution in [0.1, 0.15) is 25.8 Å². The highest BCUT2D eigenvalue weighted by Crippen LogP contribution is 2.26. The van der Waals surface area contributed by atoms with E-state index in [-0.39, 0.29) is 5.97 Å². The molecule has 0 bridgehead atoms. The van der Waals surface area contributed by atoms with E-state index in [9.17, 15) is 4.79 Å². The van der Waals surface area contributed by atoms with Gasteiger partial charge in [0.2, 0.25) is 0 Å². The van der Waals surface area contributed by atoms with E-state index in [1.807, 2.05) is 42.1 Å². The van der Waals surface area contributed by atoms with Crippen molar-refractivity contribution in [1.82, 2.24) is 0 Å². The molecule has 0 radical (unpaired) electrons. The summed E-state index contributed by atoms with van der Waals surface area (Å²) in [6.07, 6.45) is 0.584. The highest BCUT2D eigenvalue weighted by atomic mass is 32.2. The van der Waals surface area contributed by atoms with Crippen LogP contribution in [0, 0.1) is 5.92 Å². The average molecular weight is 281 g/mol. The molecule has 0 aromatic heterocycles. The predicted octanol–water partition coefficient (Wildman–Crippen LogP) is 2.79. The lowest BCUT2D eigenvalue weighted by Gasteiger charge is -2.27. The van der Waals surface area contributed by atoms with Gasteiger partial charge in [0.05, 0.1) is 7.11 Å². The summed E-state index contributed by atoms with van der Waals surface area (Å²) >= 11 is 1.82. The smallest absolute Gasteiger partial charge is 0.330 e. The van der Waals surface area contributed by atoms with Crippen molar-refractivity contribution in [3.63, 3.8) is 0 Å². The van der Waals surface area contributed by atoms with Gasteiger partial charge in [-0.05, 0) is 29.4 Å². The minimum Gasteiger partial charge on any atom is -0.467 e. The quantitative estimate of drug-likeness (QED) is 0.617. The number of hydrogen-bond acceptors (Lipinski definition) is 4. The van der Waals surface area contributed by atoms with Gasteiger partial charge in [-0.1, -0.05) is 44.2 Å². The zero-order valence-electron chi connectivity index (χ0n) is 11.9. The van der Waals surface area contributed by atoms with Crippen molar-refractivity contribution in [3.05, 3.63) is 35.9 Å². The number of carbonyl (C=O) groups is 1. The molecule has 0 saturated carbocycles. The van der Waals surface area contributed by atoms with Crippen LogP contribution in [0.5, 0.6) is 0 Å². The second kappa shape index (κ2) is 7.56. The standard InChI is InChI=1S/C15H23NO2S/c1-12(2)11-19-10-9-15(16,14(17)18-3)13-7-5-4-6-8-13/h4-8,12H,9-11,16H2,1-3H3. The predicted molar refractivity (Wildman–Crippen MR) is 81.1 cm³/mol. The van der Waals surface area contributed by atoms with Crippen molar-refractivity contribution >= 4 is 17.7 Å². The number of ether oxygens (including phenoxy) is 1. The summed E-state index contributed by atoms with van der Waals surface area (Å²) in [5.41, 5.74) is 6.07. The number of rotatable bonds is 7. The van der Waals surface area contributed by atoms with Gasteiger partial charge in [-0.15, -0.1) is 0 Å². The fraction of sp³-hybridized carbons (Fsp3) is 0.533. The van der Waals surface area contributed by atoms with Gasteiger partial charge in [0.15, 0.2) is 0 Å². The van der Waals surface area contributed by atoms with Crippen LogP contribution in [0.15, 0.2) is 30.3 Å². The molecule has 2 N–H and O–H groups in total. The number of nitrogens with two attached hydrogens (primary N) is 1. The SMILES string of the molecule is COC(=O)C(N)(CCSCC(C)C)c1ccccc1. The average Bonchev–Trinajstić information content (AvgIpc) is 2.43. The molecule has 0 saturated heterocycles. The second-order valence-corrected chi connectivity index (χ2v) is 6.20. The minimum absolute atomic E-state index is 0.371. The lowest BCUT2D eigenvalue weighted by Crippen LogP contribution is -2.46. The molecular formula is C15H23NO2S. The number of methoxy groups -OCH3 is 1. The Labute approximate surface area is 119 Å². The molecule has 1 aromatic carbocycles. The fourth-order valence-electron chi connectivity index (χ4n) is 1.83. The van der Waals surface area contributed by atoms with Crippen LogP contribution in [-0.2, 0) is 15.1 Å². The van der Waals surface area contributed by atoms with Crippen LogP contribution in [0.25, 0.3) is 0 Å². The first-order valence-electron chi connectivity index (χ1n) is 6.51. The van der Waals surface area contributed by atoms with Gasteiger partial charge in [0.25, 0.3) is 0 Å². The Kier molecular flexibility index (Phi) is 6.38. The molecule has 0 aliphatic rings. The molecule has 4 heteroatoms. The first-order chi connectivity index (χ1) is 9.00. The summed E-state index contributed by atoms with van der Waals surface area (Å²) in [6.45, 7) is 4.36. The van der Waals surface area contributed by atoms with Crippen molar-refractivity contribution in [2.75, 3.05) is 18.6 Å². The molecule has 0 spiro atoms. The van der Waals surface area contributed by atoms with Gasteiger partial charge < -0.3 is 10.5 Å². The topological polar surface area (TPSA) is 52.3 Å². The molecule has 19 heavy (non-hydrogen) atoms. The van der Waals surface area contributed by atoms with Crippen molar-refractivity contribution in [2.45, 2.75) is 25.8 Å². The van der Waals surface area contributed by atoms with E-state index in [4.69, 9.17) is 10.5 Å². The van der Waals surface area contributed by atoms with E-state index >= 15 is 0 Å². The maximum atomic E-state index is 12.0. The number of thioether (sulfide) groups is 1. The number of hydrogen-bond donors (Lipinski definition) is 1. The molecule has 3 nitrogen and oxygen atoms in total. The Hall–Kier alpha value is -1.00. The van der Waals surface area contributed by atoms with E-state index in [2.05, 4.69) is 13.8 Å². The van der Waals surface area contributed by atoms with Crippen LogP contribution >= 0.6 is 11.8 Å². The highest BCUT2D eigenvalue weighted by Gasteiger charge is 2.36. The maximum absolute atomic E-state index is 12.0. The van der Waals surface area contributed by atoms with Crippen LogP contribution in [0.4, 0.5) is 0 Å². The summed E-state index contributed by atoms with van der Waals surface area (Å²) in [6, 6.07) is 9.45. The largest absolute Gasteiger partial charge is 0.467 e. The molecule has 0 heterocycles. The van der Waals surface area contributed by atoms with E-state index in [0.29, 0.717) is 12.3 Å². The molecule has 0 aliphatic heterocycles. The van der Waals surface area contributed by atoms with E-state index in [1.165, 1.54) is 7.11 Å². The number of carbonyl (C=O) groups excluding carboxylic acids is 1. The Morgan fingerprint density at radius 3 is 2.53 bits per heavy atom. The van der Waals surface area contributed by atoms with Crippen molar-refractivity contribution < 1.29 is 9.53 Å². The van der Waals surface area contributed by atoms with Gasteiger partial charge >= 0.3 is 5.97 Å². The number of esters is 1. The molecule has 0 aliphatic carbocycles. The molecule has 0 amide bonds. The molecule has 0 fully saturated rings. The lowest BCUT2D eigenvalue weighted by atomic mass is 9.88. The van der Waals surface area contributed by atoms with Crippen molar-refractivity contribution in [3.8, 4) is 0 Å². The lowest BCUT2D eigenvalue weighted by molar-refractivity contribution is -0.147. The second-order valence-electron chi connectivity index (χ2n) is 5.05. The summed E-state index contributed by atoms with van der Waals surface area (Å²) in [5, 5.41) is 0. The Morgan fingerprint density at radius 2 is 2.00 bits per heavy atom. The first kappa shape index (κ1) is 16.1. The monoisotopic (exact) mass is 281 g/mol. The van der Waals surface area contributed by atoms with Gasteiger partial charge in [-0.3, -0.25) is 0 Å². The van der Waals surface area contributed by atoms with Crippen LogP contribution in [-0.4, -0.2) is 24.6 Å². The fourth-order valence-corrected chi connectivity index (χ4v) is 2.94. The summed E-state index contributed by atoms with van der Waals surface area (Å²) < 4.78 is 4.87. The summed E-state index contributed by atoms with van der Waals surface area (Å²) in [5.74, 6) is 2.20. The van der Waals surface area contributed by atoms with Crippen molar-refractivity contribution in [2.24, 2.45) is 11.7 Å². The van der Waals surface area contributed by atoms with Crippen molar-refractivity contribution in [1.29, 1.82) is 0 Å². The van der Waals surface area contributed by atoms with Crippen LogP contribution in [0.3, 0.4) is 0 Å². The molecule has 1 atom stereocenters. The normalized spacial score (nSPS) is 14.2. The number of benzene rings is 1. The Morgan fingerprint density at radius 1 is 1.37 bits per heavy atom. The summed E-state index contributed by atoms with van der Waals surface area (Å²) in [7, 11) is 1.38. The third-order valence-electron chi connectivity index (χ3n) is 2.93. The maximum Gasteiger partial charge on any atom is 0.330 e. The van der Waals surface area contributed by atoms with Gasteiger partial charge in [0.1, 0.15) is 5.54 Å². The third kappa shape index (κ3) is 4.55. The summed E-state index contributed by atoms with van der Waals surface area (Å²) in [4.78, 5) is 12.0. The zero-order valence-corrected chi connectivity index (χ0v) is 12.7. The third-order valence-corrected chi connectivity index (χ3v) is 4.33. The molecule has 106 valence electrons. The molecule has 1 rings (SSSR count). The van der Waals surface area contributed by atoms with E-state index < -0.39 is 5.54 Å². The van der Waals surface area contributed by atoms with E-state index in [0.717, 1.165) is 17.1 Å². The molecule has 1 unspecified atom stereocenters. The Bertz CT molecular complexity index is 394. The van der Waals surface area contributed by atoms with Gasteiger partial charge in [-0.25, -0.2) is 4.79 Å². The van der Waals surface area contributed by atoms with Crippen LogP contribution in [0.2, 0.25) is 0 Å². The minimum atomic E-state index is -1.04. The Balaban J connectivity index is 2.74. The van der Waals surface area contributed by atoms with E-state index in [1.54, 1.807) is 0 Å². The van der Waals surface area contributed by atoms with Gasteiger partial charge in [-0.2, -0.15) is 11.8 Å². The molecule has 1 aromatic rings. The van der Waals surface area contributed by atoms with Gasteiger partial charge in [0, 0.05) is 0 Å². The van der Waals surface area contributed by atoms with Crippen LogP contribution < -0.4 is 5.73 Å². The zero-order chi connectivity index (χ0) is 14.3. The first-order valence-corrected chi connectivity index (χ1v) is 7.66. The molecular weight excluding hydrogens is 258 g/mol. The highest BCUT2D eigenvalue weighted by molar-refractivity contribution is 7.99.